The summed E-state index contributed by atoms with van der Waals surface area (Å²) in [5.41, 5.74) is 1.38. The molecular formula is C14H19N3O3. The molecule has 1 saturated heterocycles. The summed E-state index contributed by atoms with van der Waals surface area (Å²) >= 11 is 0. The van der Waals surface area contributed by atoms with Crippen molar-refractivity contribution in [1.29, 1.82) is 0 Å². The van der Waals surface area contributed by atoms with E-state index >= 15 is 0 Å². The number of nitrogens with zero attached hydrogens (tertiary/aromatic N) is 1. The van der Waals surface area contributed by atoms with Crippen molar-refractivity contribution in [1.82, 2.24) is 10.2 Å². The molecule has 1 heterocycles. The Kier molecular flexibility index (Phi) is 4.57. The van der Waals surface area contributed by atoms with Crippen LogP contribution < -0.4 is 10.6 Å². The Hall–Kier alpha value is -2.08. The Morgan fingerprint density at radius 3 is 3.00 bits per heavy atom. The van der Waals surface area contributed by atoms with Crippen LogP contribution in [-0.2, 0) is 4.79 Å². The molecule has 1 atom stereocenters. The Labute approximate surface area is 117 Å². The average Bonchev–Trinajstić information content (AvgIpc) is 2.64. The maximum atomic E-state index is 12.1. The van der Waals surface area contributed by atoms with Gasteiger partial charge in [-0.25, -0.2) is 4.79 Å². The summed E-state index contributed by atoms with van der Waals surface area (Å²) in [5, 5.41) is 15.0. The molecule has 1 unspecified atom stereocenters. The molecule has 6 nitrogen and oxygen atoms in total. The number of benzene rings is 1. The fourth-order valence-corrected chi connectivity index (χ4v) is 2.05. The van der Waals surface area contributed by atoms with Gasteiger partial charge in [0.15, 0.2) is 0 Å². The summed E-state index contributed by atoms with van der Waals surface area (Å²) < 4.78 is 0. The molecular weight excluding hydrogens is 258 g/mol. The van der Waals surface area contributed by atoms with Gasteiger partial charge in [0.25, 0.3) is 0 Å². The number of nitrogens with one attached hydrogen (secondary N) is 2. The second-order valence-corrected chi connectivity index (χ2v) is 4.82. The van der Waals surface area contributed by atoms with Gasteiger partial charge in [-0.2, -0.15) is 0 Å². The monoisotopic (exact) mass is 277 g/mol. The molecule has 0 aromatic heterocycles. The molecule has 1 aromatic carbocycles. The third-order valence-corrected chi connectivity index (χ3v) is 3.22. The van der Waals surface area contributed by atoms with Crippen LogP contribution in [0.25, 0.3) is 0 Å². The molecule has 0 saturated carbocycles. The van der Waals surface area contributed by atoms with Gasteiger partial charge in [0, 0.05) is 31.7 Å². The highest BCUT2D eigenvalue weighted by Crippen LogP contribution is 2.17. The fraction of sp³-hybridized carbons (Fsp3) is 0.429. The molecule has 1 aliphatic heterocycles. The van der Waals surface area contributed by atoms with Crippen LogP contribution in [0.4, 0.5) is 10.5 Å². The van der Waals surface area contributed by atoms with Crippen molar-refractivity contribution in [3.8, 4) is 0 Å². The Morgan fingerprint density at radius 1 is 1.45 bits per heavy atom. The summed E-state index contributed by atoms with van der Waals surface area (Å²) in [7, 11) is 0. The zero-order valence-corrected chi connectivity index (χ0v) is 11.4. The van der Waals surface area contributed by atoms with Gasteiger partial charge in [-0.15, -0.1) is 0 Å². The molecule has 0 radical (unpaired) electrons. The largest absolute Gasteiger partial charge is 0.389 e. The normalized spacial score (nSPS) is 17.1. The lowest BCUT2D eigenvalue weighted by atomic mass is 10.1. The molecule has 2 rings (SSSR count). The molecule has 1 fully saturated rings. The predicted octanol–water partition coefficient (Wildman–Crippen LogP) is 1.09. The van der Waals surface area contributed by atoms with E-state index in [1.165, 1.54) is 0 Å². The van der Waals surface area contributed by atoms with Crippen molar-refractivity contribution in [2.45, 2.75) is 19.4 Å². The zero-order valence-electron chi connectivity index (χ0n) is 11.4. The van der Waals surface area contributed by atoms with Crippen LogP contribution in [-0.4, -0.2) is 41.6 Å². The van der Waals surface area contributed by atoms with Crippen LogP contribution in [0.15, 0.2) is 24.3 Å². The third kappa shape index (κ3) is 3.71. The molecule has 3 N–H and O–H groups in total. The molecule has 20 heavy (non-hydrogen) atoms. The standard InChI is InChI=1S/C14H19N3O3/c1-10(18)11-3-2-4-12(9-11)16-14(20)17-7-5-13(19)15-6-8-17/h2-4,9-10,18H,5-8H2,1H3,(H,15,19)(H,16,20). The van der Waals surface area contributed by atoms with Crippen molar-refractivity contribution < 1.29 is 14.7 Å². The second-order valence-electron chi connectivity index (χ2n) is 4.82. The number of carbonyl (C=O) groups excluding carboxylic acids is 2. The van der Waals surface area contributed by atoms with Crippen LogP contribution in [0, 0.1) is 0 Å². The summed E-state index contributed by atoms with van der Waals surface area (Å²) in [6.45, 7) is 3.05. The number of anilines is 1. The van der Waals surface area contributed by atoms with Gasteiger partial charge in [-0.1, -0.05) is 12.1 Å². The minimum atomic E-state index is -0.577. The summed E-state index contributed by atoms with van der Waals surface area (Å²) in [4.78, 5) is 25.0. The lowest BCUT2D eigenvalue weighted by Gasteiger charge is -2.20. The Bertz CT molecular complexity index is 502. The Balaban J connectivity index is 2.00. The lowest BCUT2D eigenvalue weighted by Crippen LogP contribution is -2.37. The van der Waals surface area contributed by atoms with Gasteiger partial charge >= 0.3 is 6.03 Å². The molecule has 0 bridgehead atoms. The SMILES string of the molecule is CC(O)c1cccc(NC(=O)N2CCNC(=O)CC2)c1. The van der Waals surface area contributed by atoms with Crippen molar-refractivity contribution >= 4 is 17.6 Å². The van der Waals surface area contributed by atoms with Crippen LogP contribution >= 0.6 is 0 Å². The van der Waals surface area contributed by atoms with Gasteiger partial charge in [0.1, 0.15) is 0 Å². The highest BCUT2D eigenvalue weighted by atomic mass is 16.3. The van der Waals surface area contributed by atoms with Crippen molar-refractivity contribution in [2.75, 3.05) is 25.0 Å². The van der Waals surface area contributed by atoms with Gasteiger partial charge in [-0.3, -0.25) is 4.79 Å². The molecule has 1 aliphatic rings. The van der Waals surface area contributed by atoms with E-state index < -0.39 is 6.10 Å². The molecule has 0 spiro atoms. The molecule has 1 aromatic rings. The van der Waals surface area contributed by atoms with E-state index in [4.69, 9.17) is 0 Å². The van der Waals surface area contributed by atoms with Crippen molar-refractivity contribution in [2.24, 2.45) is 0 Å². The number of rotatable bonds is 2. The van der Waals surface area contributed by atoms with Crippen LogP contribution in [0.1, 0.15) is 25.0 Å². The van der Waals surface area contributed by atoms with Crippen molar-refractivity contribution in [3.63, 3.8) is 0 Å². The predicted molar refractivity (Wildman–Crippen MR) is 75.3 cm³/mol. The first-order chi connectivity index (χ1) is 9.56. The van der Waals surface area contributed by atoms with E-state index in [-0.39, 0.29) is 11.9 Å². The number of hydrogen-bond acceptors (Lipinski definition) is 3. The number of urea groups is 1. The van der Waals surface area contributed by atoms with Gasteiger partial charge in [0.05, 0.1) is 6.10 Å². The number of amides is 3. The van der Waals surface area contributed by atoms with Crippen molar-refractivity contribution in [3.05, 3.63) is 29.8 Å². The number of carbonyl (C=O) groups is 2. The average molecular weight is 277 g/mol. The van der Waals surface area contributed by atoms with Gasteiger partial charge in [-0.05, 0) is 24.6 Å². The molecule has 108 valence electrons. The molecule has 3 amide bonds. The van der Waals surface area contributed by atoms with Gasteiger partial charge < -0.3 is 20.6 Å². The number of hydrogen-bond donors (Lipinski definition) is 3. The second kappa shape index (κ2) is 6.38. The quantitative estimate of drug-likeness (QED) is 0.757. The maximum absolute atomic E-state index is 12.1. The van der Waals surface area contributed by atoms with Crippen LogP contribution in [0.3, 0.4) is 0 Å². The smallest absolute Gasteiger partial charge is 0.321 e. The van der Waals surface area contributed by atoms with Gasteiger partial charge in [0.2, 0.25) is 5.91 Å². The highest BCUT2D eigenvalue weighted by Gasteiger charge is 2.18. The number of aliphatic hydroxyl groups is 1. The van der Waals surface area contributed by atoms with E-state index in [0.717, 1.165) is 5.56 Å². The highest BCUT2D eigenvalue weighted by molar-refractivity contribution is 5.90. The molecule has 0 aliphatic carbocycles. The molecule has 6 heteroatoms. The van der Waals surface area contributed by atoms with E-state index in [1.807, 2.05) is 0 Å². The Morgan fingerprint density at radius 2 is 2.25 bits per heavy atom. The lowest BCUT2D eigenvalue weighted by molar-refractivity contribution is -0.120. The minimum absolute atomic E-state index is 0.0311. The van der Waals surface area contributed by atoms with E-state index in [2.05, 4.69) is 10.6 Å². The first-order valence-corrected chi connectivity index (χ1v) is 6.67. The summed E-state index contributed by atoms with van der Waals surface area (Å²) in [6.07, 6.45) is -0.256. The third-order valence-electron chi connectivity index (χ3n) is 3.22. The first kappa shape index (κ1) is 14.3. The number of aliphatic hydroxyl groups excluding tert-OH is 1. The van der Waals surface area contributed by atoms with Crippen LogP contribution in [0.2, 0.25) is 0 Å². The minimum Gasteiger partial charge on any atom is -0.389 e. The fourth-order valence-electron chi connectivity index (χ4n) is 2.05. The topological polar surface area (TPSA) is 81.7 Å². The summed E-state index contributed by atoms with van der Waals surface area (Å²) in [6, 6.07) is 6.86. The zero-order chi connectivity index (χ0) is 14.5. The van der Waals surface area contributed by atoms with E-state index in [1.54, 1.807) is 36.1 Å². The first-order valence-electron chi connectivity index (χ1n) is 6.67. The maximum Gasteiger partial charge on any atom is 0.321 e. The van der Waals surface area contributed by atoms with E-state index in [9.17, 15) is 14.7 Å². The summed E-state index contributed by atoms with van der Waals surface area (Å²) in [5.74, 6) is -0.0311. The van der Waals surface area contributed by atoms with Crippen LogP contribution in [0.5, 0.6) is 0 Å². The van der Waals surface area contributed by atoms with E-state index in [0.29, 0.717) is 31.7 Å².